The van der Waals surface area contributed by atoms with Gasteiger partial charge in [0, 0.05) is 0 Å². The maximum atomic E-state index is 12.4. The van der Waals surface area contributed by atoms with Gasteiger partial charge in [0.05, 0.1) is 16.9 Å². The molecule has 0 aliphatic heterocycles. The molecule has 0 saturated heterocycles. The number of hydrogen-bond donors (Lipinski definition) is 2. The van der Waals surface area contributed by atoms with Gasteiger partial charge < -0.3 is 5.73 Å². The number of nitrogens with zero attached hydrogens (tertiary/aromatic N) is 1. The van der Waals surface area contributed by atoms with Crippen LogP contribution in [0.2, 0.25) is 0 Å². The van der Waals surface area contributed by atoms with Gasteiger partial charge in [-0.25, -0.2) is 8.42 Å². The molecule has 0 saturated carbocycles. The predicted molar refractivity (Wildman–Crippen MR) is 82.3 cm³/mol. The molecule has 0 aromatic heterocycles. The summed E-state index contributed by atoms with van der Waals surface area (Å²) in [6.45, 7) is 3.57. The van der Waals surface area contributed by atoms with Crippen LogP contribution in [-0.4, -0.2) is 8.42 Å². The van der Waals surface area contributed by atoms with E-state index in [2.05, 4.69) is 4.72 Å². The highest BCUT2D eigenvalue weighted by Crippen LogP contribution is 2.25. The third-order valence-electron chi connectivity index (χ3n) is 3.08. The smallest absolute Gasteiger partial charge is 0.263 e. The number of nitrogens with two attached hydrogens (primary N) is 1. The second kappa shape index (κ2) is 5.46. The molecule has 2 aromatic carbocycles. The van der Waals surface area contributed by atoms with E-state index in [0.717, 1.165) is 5.56 Å². The first kappa shape index (κ1) is 14.9. The number of nitrogens with one attached hydrogen (secondary N) is 1. The van der Waals surface area contributed by atoms with E-state index in [1.807, 2.05) is 13.0 Å². The van der Waals surface area contributed by atoms with Gasteiger partial charge in [-0.05, 0) is 43.2 Å². The molecule has 6 heteroatoms. The van der Waals surface area contributed by atoms with Gasteiger partial charge in [-0.15, -0.1) is 0 Å². The summed E-state index contributed by atoms with van der Waals surface area (Å²) >= 11 is 0. The zero-order valence-electron chi connectivity index (χ0n) is 11.7. The minimum Gasteiger partial charge on any atom is -0.398 e. The lowest BCUT2D eigenvalue weighted by Crippen LogP contribution is -2.16. The summed E-state index contributed by atoms with van der Waals surface area (Å²) < 4.78 is 27.3. The zero-order chi connectivity index (χ0) is 15.6. The van der Waals surface area contributed by atoms with E-state index in [-0.39, 0.29) is 16.3 Å². The van der Waals surface area contributed by atoms with Gasteiger partial charge >= 0.3 is 0 Å². The quantitative estimate of drug-likeness (QED) is 0.851. The maximum Gasteiger partial charge on any atom is 0.263 e. The summed E-state index contributed by atoms with van der Waals surface area (Å²) in [5.41, 5.74) is 8.08. The van der Waals surface area contributed by atoms with Crippen LogP contribution in [0.5, 0.6) is 0 Å². The Morgan fingerprint density at radius 3 is 2.52 bits per heavy atom. The highest BCUT2D eigenvalue weighted by Gasteiger charge is 2.19. The van der Waals surface area contributed by atoms with Gasteiger partial charge in [-0.1, -0.05) is 18.2 Å². The van der Waals surface area contributed by atoms with Crippen LogP contribution in [0.3, 0.4) is 0 Å². The van der Waals surface area contributed by atoms with E-state index in [4.69, 9.17) is 11.0 Å². The van der Waals surface area contributed by atoms with Crippen molar-refractivity contribution in [3.05, 3.63) is 53.1 Å². The van der Waals surface area contributed by atoms with Gasteiger partial charge in [-0.3, -0.25) is 4.72 Å². The van der Waals surface area contributed by atoms with E-state index < -0.39 is 10.0 Å². The fourth-order valence-corrected chi connectivity index (χ4v) is 3.20. The van der Waals surface area contributed by atoms with Gasteiger partial charge in [0.2, 0.25) is 0 Å². The third-order valence-corrected chi connectivity index (χ3v) is 4.52. The molecule has 0 radical (unpaired) electrons. The topological polar surface area (TPSA) is 96.0 Å². The number of hydrogen-bond acceptors (Lipinski definition) is 4. The number of rotatable bonds is 3. The highest BCUT2D eigenvalue weighted by molar-refractivity contribution is 7.92. The molecule has 0 aliphatic rings. The van der Waals surface area contributed by atoms with Crippen LogP contribution in [0, 0.1) is 25.2 Å². The fourth-order valence-electron chi connectivity index (χ4n) is 2.01. The van der Waals surface area contributed by atoms with E-state index in [1.54, 1.807) is 37.3 Å². The number of aryl methyl sites for hydroxylation is 2. The van der Waals surface area contributed by atoms with Crippen LogP contribution in [0.25, 0.3) is 0 Å². The Balaban J connectivity index is 2.48. The van der Waals surface area contributed by atoms with Crippen molar-refractivity contribution in [2.45, 2.75) is 18.7 Å². The van der Waals surface area contributed by atoms with E-state index in [9.17, 15) is 8.42 Å². The van der Waals surface area contributed by atoms with Crippen molar-refractivity contribution in [1.29, 1.82) is 5.26 Å². The Hall–Kier alpha value is -2.52. The fraction of sp³-hybridized carbons (Fsp3) is 0.133. The van der Waals surface area contributed by atoms with Crippen molar-refractivity contribution in [2.75, 3.05) is 10.5 Å². The molecule has 2 aromatic rings. The van der Waals surface area contributed by atoms with Crippen molar-refractivity contribution in [3.63, 3.8) is 0 Å². The molecule has 108 valence electrons. The number of benzene rings is 2. The lowest BCUT2D eigenvalue weighted by molar-refractivity contribution is 0.601. The molecule has 0 spiro atoms. The normalized spacial score (nSPS) is 10.9. The van der Waals surface area contributed by atoms with Gasteiger partial charge in [0.25, 0.3) is 10.0 Å². The van der Waals surface area contributed by atoms with Crippen molar-refractivity contribution in [2.24, 2.45) is 0 Å². The Bertz CT molecular complexity index is 836. The molecule has 0 fully saturated rings. The molecule has 21 heavy (non-hydrogen) atoms. The molecule has 0 amide bonds. The van der Waals surface area contributed by atoms with Crippen molar-refractivity contribution >= 4 is 21.4 Å². The first-order chi connectivity index (χ1) is 9.85. The molecule has 2 rings (SSSR count). The predicted octanol–water partition coefficient (Wildman–Crippen LogP) is 2.56. The average Bonchev–Trinajstić information content (AvgIpc) is 2.38. The summed E-state index contributed by atoms with van der Waals surface area (Å²) in [6, 6.07) is 11.7. The van der Waals surface area contributed by atoms with E-state index in [0.29, 0.717) is 11.1 Å². The monoisotopic (exact) mass is 301 g/mol. The minimum absolute atomic E-state index is 0.00139. The van der Waals surface area contributed by atoms with Crippen molar-refractivity contribution < 1.29 is 8.42 Å². The van der Waals surface area contributed by atoms with Crippen LogP contribution < -0.4 is 10.5 Å². The Morgan fingerprint density at radius 1 is 1.19 bits per heavy atom. The number of nitrogen functional groups attached to an aromatic ring is 1. The molecular formula is C15H15N3O2S. The number of nitriles is 1. The largest absolute Gasteiger partial charge is 0.398 e. The van der Waals surface area contributed by atoms with Crippen molar-refractivity contribution in [1.82, 2.24) is 0 Å². The second-order valence-electron chi connectivity index (χ2n) is 4.76. The van der Waals surface area contributed by atoms with Gasteiger partial charge in [0.15, 0.2) is 0 Å². The molecule has 0 heterocycles. The lowest BCUT2D eigenvalue weighted by atomic mass is 10.1. The summed E-state index contributed by atoms with van der Waals surface area (Å²) in [5, 5.41) is 9.15. The first-order valence-electron chi connectivity index (χ1n) is 6.24. The zero-order valence-corrected chi connectivity index (χ0v) is 12.5. The molecule has 0 unspecified atom stereocenters. The summed E-state index contributed by atoms with van der Waals surface area (Å²) in [5.74, 6) is 0. The van der Waals surface area contributed by atoms with Crippen LogP contribution >= 0.6 is 0 Å². The molecular weight excluding hydrogens is 286 g/mol. The highest BCUT2D eigenvalue weighted by atomic mass is 32.2. The SMILES string of the molecule is Cc1ccc(S(=O)(=O)Nc2cccc(C)c2C#N)c(N)c1. The second-order valence-corrected chi connectivity index (χ2v) is 6.41. The Labute approximate surface area is 124 Å². The molecule has 0 bridgehead atoms. The molecule has 0 atom stereocenters. The number of sulfonamides is 1. The van der Waals surface area contributed by atoms with Crippen molar-refractivity contribution in [3.8, 4) is 6.07 Å². The van der Waals surface area contributed by atoms with Crippen LogP contribution in [0.15, 0.2) is 41.3 Å². The van der Waals surface area contributed by atoms with Gasteiger partial charge in [0.1, 0.15) is 11.0 Å². The van der Waals surface area contributed by atoms with Gasteiger partial charge in [-0.2, -0.15) is 5.26 Å². The summed E-state index contributed by atoms with van der Waals surface area (Å²) in [4.78, 5) is -0.00139. The van der Waals surface area contributed by atoms with E-state index in [1.165, 1.54) is 6.07 Å². The minimum atomic E-state index is -3.84. The lowest BCUT2D eigenvalue weighted by Gasteiger charge is -2.12. The summed E-state index contributed by atoms with van der Waals surface area (Å²) in [6.07, 6.45) is 0. The molecule has 0 aliphatic carbocycles. The third kappa shape index (κ3) is 2.98. The molecule has 5 nitrogen and oxygen atoms in total. The Kier molecular flexibility index (Phi) is 3.87. The van der Waals surface area contributed by atoms with E-state index >= 15 is 0 Å². The summed E-state index contributed by atoms with van der Waals surface area (Å²) in [7, 11) is -3.84. The Morgan fingerprint density at radius 2 is 1.90 bits per heavy atom. The average molecular weight is 301 g/mol. The van der Waals surface area contributed by atoms with Crippen LogP contribution in [-0.2, 0) is 10.0 Å². The first-order valence-corrected chi connectivity index (χ1v) is 7.72. The van der Waals surface area contributed by atoms with Crippen LogP contribution in [0.1, 0.15) is 16.7 Å². The standard InChI is InChI=1S/C15H15N3O2S/c1-10-6-7-15(13(17)8-10)21(19,20)18-14-5-3-4-11(2)12(14)9-16/h3-8,18H,17H2,1-2H3. The molecule has 3 N–H and O–H groups in total. The van der Waals surface area contributed by atoms with Crippen LogP contribution in [0.4, 0.5) is 11.4 Å². The number of anilines is 2. The maximum absolute atomic E-state index is 12.4.